The number of rotatable bonds is 5. The van der Waals surface area contributed by atoms with E-state index >= 15 is 0 Å². The van der Waals surface area contributed by atoms with Crippen LogP contribution in [0.25, 0.3) is 0 Å². The third kappa shape index (κ3) is 7.00. The summed E-state index contributed by atoms with van der Waals surface area (Å²) in [6.45, 7) is 5.04. The zero-order valence-corrected chi connectivity index (χ0v) is 20.2. The molecule has 30 heavy (non-hydrogen) atoms. The topological polar surface area (TPSA) is 30.9 Å². The fraction of sp³-hybridized carbons (Fsp3) is 0.682. The van der Waals surface area contributed by atoms with Gasteiger partial charge in [0, 0.05) is 33.2 Å². The van der Waals surface area contributed by atoms with Crippen molar-refractivity contribution in [3.63, 3.8) is 0 Å². The Morgan fingerprint density at radius 1 is 1.13 bits per heavy atom. The SMILES string of the molecule is CCC1CN(C(=NC)NCC2CCN(CC(F)(F)F)C2)CCC1c1ccccc1.I. The summed E-state index contributed by atoms with van der Waals surface area (Å²) in [5, 5.41) is 3.43. The first-order valence-electron chi connectivity index (χ1n) is 10.7. The van der Waals surface area contributed by atoms with Crippen molar-refractivity contribution in [1.29, 1.82) is 0 Å². The Labute approximate surface area is 195 Å². The van der Waals surface area contributed by atoms with E-state index in [0.29, 0.717) is 31.5 Å². The second-order valence-electron chi connectivity index (χ2n) is 8.35. The minimum Gasteiger partial charge on any atom is -0.356 e. The zero-order chi connectivity index (χ0) is 20.9. The average Bonchev–Trinajstić information content (AvgIpc) is 3.14. The van der Waals surface area contributed by atoms with Crippen LogP contribution >= 0.6 is 24.0 Å². The minimum atomic E-state index is -4.11. The van der Waals surface area contributed by atoms with Gasteiger partial charge in [-0.05, 0) is 42.7 Å². The van der Waals surface area contributed by atoms with Crippen molar-refractivity contribution >= 4 is 29.9 Å². The van der Waals surface area contributed by atoms with Gasteiger partial charge in [-0.2, -0.15) is 13.2 Å². The molecule has 0 aromatic heterocycles. The van der Waals surface area contributed by atoms with Gasteiger partial charge in [0.25, 0.3) is 0 Å². The minimum absolute atomic E-state index is 0. The van der Waals surface area contributed by atoms with Crippen LogP contribution in [0.4, 0.5) is 13.2 Å². The van der Waals surface area contributed by atoms with E-state index in [-0.39, 0.29) is 29.9 Å². The molecule has 2 saturated heterocycles. The Morgan fingerprint density at radius 3 is 2.50 bits per heavy atom. The number of nitrogens with one attached hydrogen (secondary N) is 1. The maximum Gasteiger partial charge on any atom is 0.401 e. The summed E-state index contributed by atoms with van der Waals surface area (Å²) in [4.78, 5) is 8.28. The summed E-state index contributed by atoms with van der Waals surface area (Å²) in [5.74, 6) is 2.25. The summed E-state index contributed by atoms with van der Waals surface area (Å²) in [5.41, 5.74) is 1.41. The van der Waals surface area contributed by atoms with Crippen LogP contribution in [0.3, 0.4) is 0 Å². The summed E-state index contributed by atoms with van der Waals surface area (Å²) in [6, 6.07) is 10.7. The molecule has 0 bridgehead atoms. The highest BCUT2D eigenvalue weighted by molar-refractivity contribution is 14.0. The molecular weight excluding hydrogens is 504 g/mol. The highest BCUT2D eigenvalue weighted by Gasteiger charge is 2.35. The Balaban J connectivity index is 0.00000320. The Kier molecular flexibility index (Phi) is 9.71. The van der Waals surface area contributed by atoms with Crippen molar-refractivity contribution in [2.45, 2.75) is 38.3 Å². The largest absolute Gasteiger partial charge is 0.401 e. The molecule has 1 N–H and O–H groups in total. The number of hydrogen-bond donors (Lipinski definition) is 1. The first-order chi connectivity index (χ1) is 13.9. The third-order valence-corrected chi connectivity index (χ3v) is 6.32. The van der Waals surface area contributed by atoms with E-state index in [1.54, 1.807) is 7.05 Å². The number of alkyl halides is 3. The maximum atomic E-state index is 12.6. The van der Waals surface area contributed by atoms with E-state index in [2.05, 4.69) is 52.5 Å². The van der Waals surface area contributed by atoms with Gasteiger partial charge in [-0.15, -0.1) is 24.0 Å². The molecule has 0 aliphatic carbocycles. The van der Waals surface area contributed by atoms with Crippen LogP contribution in [0.5, 0.6) is 0 Å². The molecule has 2 aliphatic rings. The fourth-order valence-electron chi connectivity index (χ4n) is 4.82. The van der Waals surface area contributed by atoms with Gasteiger partial charge in [0.2, 0.25) is 0 Å². The molecule has 0 radical (unpaired) electrons. The summed E-state index contributed by atoms with van der Waals surface area (Å²) in [6.07, 6.45) is -1.11. The molecule has 0 spiro atoms. The highest BCUT2D eigenvalue weighted by atomic mass is 127. The van der Waals surface area contributed by atoms with E-state index in [4.69, 9.17) is 0 Å². The van der Waals surface area contributed by atoms with Crippen molar-refractivity contribution in [1.82, 2.24) is 15.1 Å². The molecule has 1 aromatic carbocycles. The van der Waals surface area contributed by atoms with Crippen LogP contribution in [0.15, 0.2) is 35.3 Å². The standard InChI is InChI=1S/C22H33F3N4.HI/c1-3-18-15-29(12-10-20(18)19-7-5-4-6-8-19)21(26-2)27-13-17-9-11-28(14-17)16-22(23,24)25;/h4-8,17-18,20H,3,9-16H2,1-2H3,(H,26,27);1H. The Morgan fingerprint density at radius 2 is 1.87 bits per heavy atom. The van der Waals surface area contributed by atoms with Crippen LogP contribution < -0.4 is 5.32 Å². The average molecular weight is 538 g/mol. The molecule has 0 amide bonds. The van der Waals surface area contributed by atoms with Gasteiger partial charge in [-0.25, -0.2) is 0 Å². The van der Waals surface area contributed by atoms with E-state index < -0.39 is 12.7 Å². The smallest absolute Gasteiger partial charge is 0.356 e. The predicted octanol–water partition coefficient (Wildman–Crippen LogP) is 4.58. The Bertz CT molecular complexity index is 668. The van der Waals surface area contributed by atoms with Gasteiger partial charge in [-0.3, -0.25) is 9.89 Å². The molecule has 170 valence electrons. The van der Waals surface area contributed by atoms with Crippen LogP contribution in [0, 0.1) is 11.8 Å². The van der Waals surface area contributed by atoms with Crippen LogP contribution in [0.2, 0.25) is 0 Å². The number of hydrogen-bond acceptors (Lipinski definition) is 2. The number of halogens is 4. The van der Waals surface area contributed by atoms with E-state index in [9.17, 15) is 13.2 Å². The van der Waals surface area contributed by atoms with Crippen molar-refractivity contribution in [3.8, 4) is 0 Å². The van der Waals surface area contributed by atoms with Crippen LogP contribution in [0.1, 0.15) is 37.7 Å². The lowest BCUT2D eigenvalue weighted by atomic mass is 9.79. The van der Waals surface area contributed by atoms with Gasteiger partial charge >= 0.3 is 6.18 Å². The lowest BCUT2D eigenvalue weighted by Crippen LogP contribution is -2.49. The lowest BCUT2D eigenvalue weighted by molar-refractivity contribution is -0.143. The van der Waals surface area contributed by atoms with E-state index in [0.717, 1.165) is 38.3 Å². The van der Waals surface area contributed by atoms with Crippen molar-refractivity contribution in [2.75, 3.05) is 46.3 Å². The molecule has 2 aliphatic heterocycles. The third-order valence-electron chi connectivity index (χ3n) is 6.32. The number of guanidine groups is 1. The second kappa shape index (κ2) is 11.5. The highest BCUT2D eigenvalue weighted by Crippen LogP contribution is 2.34. The van der Waals surface area contributed by atoms with Gasteiger partial charge in [0.15, 0.2) is 5.96 Å². The number of piperidine rings is 1. The summed E-state index contributed by atoms with van der Waals surface area (Å²) < 4.78 is 37.8. The maximum absolute atomic E-state index is 12.6. The summed E-state index contributed by atoms with van der Waals surface area (Å²) >= 11 is 0. The number of benzene rings is 1. The van der Waals surface area contributed by atoms with E-state index in [1.165, 1.54) is 10.5 Å². The van der Waals surface area contributed by atoms with Crippen LogP contribution in [-0.4, -0.2) is 68.3 Å². The van der Waals surface area contributed by atoms with Gasteiger partial charge in [0.05, 0.1) is 6.54 Å². The molecule has 2 fully saturated rings. The first-order valence-corrected chi connectivity index (χ1v) is 10.7. The van der Waals surface area contributed by atoms with Crippen LogP contribution in [-0.2, 0) is 0 Å². The molecule has 3 rings (SSSR count). The Hall–Kier alpha value is -1.03. The molecule has 2 heterocycles. The zero-order valence-electron chi connectivity index (χ0n) is 17.9. The molecule has 8 heteroatoms. The van der Waals surface area contributed by atoms with E-state index in [1.807, 2.05) is 0 Å². The molecule has 4 nitrogen and oxygen atoms in total. The quantitative estimate of drug-likeness (QED) is 0.339. The predicted molar refractivity (Wildman–Crippen MR) is 127 cm³/mol. The molecule has 0 saturated carbocycles. The molecular formula is C22H34F3IN4. The van der Waals surface area contributed by atoms with Gasteiger partial charge in [-0.1, -0.05) is 43.7 Å². The van der Waals surface area contributed by atoms with Gasteiger partial charge in [0.1, 0.15) is 0 Å². The van der Waals surface area contributed by atoms with Crippen molar-refractivity contribution in [2.24, 2.45) is 16.8 Å². The number of aliphatic imine (C=N–C) groups is 1. The van der Waals surface area contributed by atoms with Gasteiger partial charge < -0.3 is 10.2 Å². The molecule has 1 aromatic rings. The fourth-order valence-corrected chi connectivity index (χ4v) is 4.82. The molecule has 3 atom stereocenters. The molecule has 3 unspecified atom stereocenters. The summed E-state index contributed by atoms with van der Waals surface area (Å²) in [7, 11) is 1.79. The lowest BCUT2D eigenvalue weighted by Gasteiger charge is -2.40. The second-order valence-corrected chi connectivity index (χ2v) is 8.35. The normalized spacial score (nSPS) is 25.8. The van der Waals surface area contributed by atoms with Crippen molar-refractivity contribution < 1.29 is 13.2 Å². The first kappa shape index (κ1) is 25.2. The van der Waals surface area contributed by atoms with Crippen molar-refractivity contribution in [3.05, 3.63) is 35.9 Å². The number of likely N-dealkylation sites (tertiary alicyclic amines) is 2. The monoisotopic (exact) mass is 538 g/mol. The number of nitrogens with zero attached hydrogens (tertiary/aromatic N) is 3.